The minimum atomic E-state index is -0.516. The van der Waals surface area contributed by atoms with Crippen LogP contribution in [0.5, 0.6) is 0 Å². The van der Waals surface area contributed by atoms with Gasteiger partial charge in [-0.1, -0.05) is 48.5 Å². The Kier molecular flexibility index (Phi) is 7.33. The highest BCUT2D eigenvalue weighted by atomic mass is 32.1. The fourth-order valence-electron chi connectivity index (χ4n) is 4.10. The summed E-state index contributed by atoms with van der Waals surface area (Å²) in [5.41, 5.74) is 10.7. The predicted octanol–water partition coefficient (Wildman–Crippen LogP) is 4.63. The zero-order valence-corrected chi connectivity index (χ0v) is 21.8. The fourth-order valence-corrected chi connectivity index (χ4v) is 5.13. The first-order valence-electron chi connectivity index (χ1n) is 12.5. The highest BCUT2D eigenvalue weighted by Gasteiger charge is 2.24. The summed E-state index contributed by atoms with van der Waals surface area (Å²) in [4.78, 5) is 42.8. The maximum absolute atomic E-state index is 13.3. The molecule has 38 heavy (non-hydrogen) atoms. The van der Waals surface area contributed by atoms with E-state index in [1.54, 1.807) is 24.3 Å². The molecule has 1 saturated carbocycles. The van der Waals surface area contributed by atoms with Crippen LogP contribution in [0.15, 0.2) is 72.8 Å². The number of aryl methyl sites for hydroxylation is 1. The van der Waals surface area contributed by atoms with Crippen LogP contribution in [0.1, 0.15) is 64.9 Å². The highest BCUT2D eigenvalue weighted by Crippen LogP contribution is 2.31. The molecule has 1 fully saturated rings. The summed E-state index contributed by atoms with van der Waals surface area (Å²) >= 11 is 1.33. The van der Waals surface area contributed by atoms with E-state index in [1.165, 1.54) is 11.3 Å². The van der Waals surface area contributed by atoms with E-state index in [-0.39, 0.29) is 17.9 Å². The molecule has 0 saturated heterocycles. The third-order valence-electron chi connectivity index (χ3n) is 6.48. The average molecular weight is 525 g/mol. The van der Waals surface area contributed by atoms with Gasteiger partial charge < -0.3 is 16.4 Å². The smallest absolute Gasteiger partial charge is 0.263 e. The Morgan fingerprint density at radius 3 is 2.34 bits per heavy atom. The first kappa shape index (κ1) is 25.4. The Hall–Kier alpha value is -4.30. The summed E-state index contributed by atoms with van der Waals surface area (Å²) in [6, 6.07) is 22.4. The van der Waals surface area contributed by atoms with Gasteiger partial charge in [-0.15, -0.1) is 11.3 Å². The molecule has 1 aromatic heterocycles. The molecule has 0 spiro atoms. The van der Waals surface area contributed by atoms with Gasteiger partial charge in [-0.3, -0.25) is 14.4 Å². The van der Waals surface area contributed by atoms with Gasteiger partial charge in [0.25, 0.3) is 11.8 Å². The van der Waals surface area contributed by atoms with E-state index in [9.17, 15) is 14.4 Å². The lowest BCUT2D eigenvalue weighted by molar-refractivity contribution is 0.0944. The fraction of sp³-hybridized carbons (Fsp3) is 0.200. The maximum Gasteiger partial charge on any atom is 0.263 e. The molecule has 0 unspecified atom stereocenters. The quantitative estimate of drug-likeness (QED) is 0.296. The topological polar surface area (TPSA) is 114 Å². The molecular formula is C30H28N4O3S. The van der Waals surface area contributed by atoms with Crippen molar-refractivity contribution in [2.75, 3.05) is 0 Å². The van der Waals surface area contributed by atoms with Crippen molar-refractivity contribution in [3.8, 4) is 11.3 Å². The first-order valence-corrected chi connectivity index (χ1v) is 13.3. The van der Waals surface area contributed by atoms with Crippen molar-refractivity contribution in [1.29, 1.82) is 0 Å². The summed E-state index contributed by atoms with van der Waals surface area (Å²) in [6.45, 7) is 2.40. The summed E-state index contributed by atoms with van der Waals surface area (Å²) in [5.74, 6) is -0.803. The van der Waals surface area contributed by atoms with Gasteiger partial charge in [0.05, 0.1) is 10.7 Å². The normalized spacial score (nSPS) is 12.7. The molecule has 7 nitrogen and oxygen atoms in total. The van der Waals surface area contributed by atoms with Crippen molar-refractivity contribution in [3.05, 3.63) is 110 Å². The van der Waals surface area contributed by atoms with Gasteiger partial charge in [0.2, 0.25) is 5.91 Å². The van der Waals surface area contributed by atoms with E-state index < -0.39 is 5.91 Å². The highest BCUT2D eigenvalue weighted by molar-refractivity contribution is 7.14. The Balaban J connectivity index is 1.44. The number of carbonyl (C=O) groups excluding carboxylic acids is 3. The summed E-state index contributed by atoms with van der Waals surface area (Å²) < 4.78 is 0. The number of aromatic nitrogens is 1. The minimum Gasteiger partial charge on any atom is -0.366 e. The standard InChI is InChI=1S/C30H28N4O3S/c1-18-7-8-22(29(36)33-24-13-14-24)15-23(18)16-25-34-26(20-9-11-21(12-10-20)28(31)35)27(38-25)30(37)32-17-19-5-3-2-4-6-19/h2-12,15,24H,13-14,16-17H2,1H3,(H2,31,35)(H,32,37)(H,33,36). The molecule has 0 radical (unpaired) electrons. The third kappa shape index (κ3) is 5.98. The maximum atomic E-state index is 13.3. The molecule has 0 atom stereocenters. The lowest BCUT2D eigenvalue weighted by atomic mass is 10.0. The third-order valence-corrected chi connectivity index (χ3v) is 7.54. The van der Waals surface area contributed by atoms with Crippen molar-refractivity contribution in [2.24, 2.45) is 5.73 Å². The van der Waals surface area contributed by atoms with Crippen LogP contribution in [0.2, 0.25) is 0 Å². The van der Waals surface area contributed by atoms with Gasteiger partial charge >= 0.3 is 0 Å². The number of primary amides is 1. The molecule has 3 aromatic carbocycles. The van der Waals surface area contributed by atoms with Crippen molar-refractivity contribution in [3.63, 3.8) is 0 Å². The number of nitrogens with zero attached hydrogens (tertiary/aromatic N) is 1. The second-order valence-electron chi connectivity index (χ2n) is 9.46. The van der Waals surface area contributed by atoms with E-state index >= 15 is 0 Å². The number of hydrogen-bond donors (Lipinski definition) is 3. The number of amides is 3. The van der Waals surface area contributed by atoms with Crippen LogP contribution in [-0.4, -0.2) is 28.7 Å². The molecule has 0 bridgehead atoms. The van der Waals surface area contributed by atoms with Gasteiger partial charge in [0.15, 0.2) is 0 Å². The number of carbonyl (C=O) groups is 3. The predicted molar refractivity (Wildman–Crippen MR) is 148 cm³/mol. The van der Waals surface area contributed by atoms with Crippen LogP contribution < -0.4 is 16.4 Å². The number of thiazole rings is 1. The lowest BCUT2D eigenvalue weighted by Crippen LogP contribution is -2.25. The second kappa shape index (κ2) is 11.0. The molecule has 1 aliphatic carbocycles. The molecule has 5 rings (SSSR count). The molecular weight excluding hydrogens is 496 g/mol. The van der Waals surface area contributed by atoms with Crippen molar-refractivity contribution < 1.29 is 14.4 Å². The van der Waals surface area contributed by atoms with E-state index in [0.717, 1.165) is 40.1 Å². The van der Waals surface area contributed by atoms with Gasteiger partial charge in [-0.2, -0.15) is 0 Å². The van der Waals surface area contributed by atoms with Crippen LogP contribution >= 0.6 is 11.3 Å². The Morgan fingerprint density at radius 2 is 1.66 bits per heavy atom. The summed E-state index contributed by atoms with van der Waals surface area (Å²) in [5, 5.41) is 6.78. The second-order valence-corrected chi connectivity index (χ2v) is 10.5. The zero-order chi connectivity index (χ0) is 26.6. The lowest BCUT2D eigenvalue weighted by Gasteiger charge is -2.08. The minimum absolute atomic E-state index is 0.0657. The molecule has 4 N–H and O–H groups in total. The Morgan fingerprint density at radius 1 is 0.947 bits per heavy atom. The van der Waals surface area contributed by atoms with Crippen molar-refractivity contribution >= 4 is 29.1 Å². The zero-order valence-electron chi connectivity index (χ0n) is 21.0. The van der Waals surface area contributed by atoms with Gasteiger partial charge in [0.1, 0.15) is 4.88 Å². The number of benzene rings is 3. The first-order chi connectivity index (χ1) is 18.4. The summed E-state index contributed by atoms with van der Waals surface area (Å²) in [7, 11) is 0. The van der Waals surface area contributed by atoms with E-state index in [0.29, 0.717) is 34.7 Å². The SMILES string of the molecule is Cc1ccc(C(=O)NC2CC2)cc1Cc1nc(-c2ccc(C(N)=O)cc2)c(C(=O)NCc2ccccc2)s1. The van der Waals surface area contributed by atoms with E-state index in [4.69, 9.17) is 10.7 Å². The van der Waals surface area contributed by atoms with Crippen molar-refractivity contribution in [2.45, 2.75) is 38.8 Å². The number of nitrogens with one attached hydrogen (secondary N) is 2. The number of nitrogens with two attached hydrogens (primary N) is 1. The van der Waals surface area contributed by atoms with Crippen LogP contribution in [0, 0.1) is 6.92 Å². The molecule has 0 aliphatic heterocycles. The van der Waals surface area contributed by atoms with E-state index in [2.05, 4.69) is 10.6 Å². The van der Waals surface area contributed by atoms with Crippen LogP contribution in [0.4, 0.5) is 0 Å². The molecule has 4 aromatic rings. The van der Waals surface area contributed by atoms with Gasteiger partial charge in [-0.05, 0) is 60.7 Å². The molecule has 3 amide bonds. The van der Waals surface area contributed by atoms with Crippen LogP contribution in [0.25, 0.3) is 11.3 Å². The monoisotopic (exact) mass is 524 g/mol. The van der Waals surface area contributed by atoms with Gasteiger partial charge in [-0.25, -0.2) is 4.98 Å². The van der Waals surface area contributed by atoms with Crippen LogP contribution in [0.3, 0.4) is 0 Å². The summed E-state index contributed by atoms with van der Waals surface area (Å²) in [6.07, 6.45) is 2.54. The average Bonchev–Trinajstić information content (AvgIpc) is 3.64. The largest absolute Gasteiger partial charge is 0.366 e. The van der Waals surface area contributed by atoms with Crippen molar-refractivity contribution in [1.82, 2.24) is 15.6 Å². The van der Waals surface area contributed by atoms with E-state index in [1.807, 2.05) is 55.5 Å². The molecule has 1 aliphatic rings. The Bertz CT molecular complexity index is 1490. The number of rotatable bonds is 9. The Labute approximate surface area is 225 Å². The molecule has 192 valence electrons. The van der Waals surface area contributed by atoms with Crippen LogP contribution in [-0.2, 0) is 13.0 Å². The number of hydrogen-bond acceptors (Lipinski definition) is 5. The molecule has 1 heterocycles. The molecule has 8 heteroatoms. The van der Waals surface area contributed by atoms with Gasteiger partial charge in [0, 0.05) is 35.7 Å².